The van der Waals surface area contributed by atoms with Crippen molar-refractivity contribution in [2.24, 2.45) is 0 Å². The summed E-state index contributed by atoms with van der Waals surface area (Å²) in [5.41, 5.74) is 0.925. The molecule has 0 aliphatic heterocycles. The maximum absolute atomic E-state index is 5.57. The molecular weight excluding hydrogens is 266 g/mol. The Labute approximate surface area is 122 Å². The van der Waals surface area contributed by atoms with Crippen LogP contribution in [0.1, 0.15) is 6.92 Å². The summed E-state index contributed by atoms with van der Waals surface area (Å²) < 4.78 is 7.23. The summed E-state index contributed by atoms with van der Waals surface area (Å²) in [4.78, 5) is 8.45. The van der Waals surface area contributed by atoms with E-state index < -0.39 is 0 Å². The summed E-state index contributed by atoms with van der Waals surface area (Å²) in [6.07, 6.45) is 1.61. The van der Waals surface area contributed by atoms with Gasteiger partial charge in [-0.3, -0.25) is 0 Å². The van der Waals surface area contributed by atoms with E-state index in [2.05, 4.69) is 20.4 Å². The first-order chi connectivity index (χ1) is 10.3. The highest BCUT2D eigenvalue weighted by Gasteiger charge is 2.06. The first kappa shape index (κ1) is 13.1. The topological polar surface area (TPSA) is 64.9 Å². The molecule has 0 saturated heterocycles. The van der Waals surface area contributed by atoms with E-state index in [1.807, 2.05) is 49.4 Å². The zero-order valence-corrected chi connectivity index (χ0v) is 11.6. The van der Waals surface area contributed by atoms with Crippen molar-refractivity contribution in [3.05, 3.63) is 54.9 Å². The molecule has 2 aromatic heterocycles. The number of para-hydroxylation sites is 1. The number of pyridine rings is 1. The van der Waals surface area contributed by atoms with Crippen LogP contribution >= 0.6 is 0 Å². The maximum atomic E-state index is 5.57. The Kier molecular flexibility index (Phi) is 3.77. The molecule has 0 bridgehead atoms. The second-order valence-electron chi connectivity index (χ2n) is 4.30. The van der Waals surface area contributed by atoms with E-state index in [9.17, 15) is 0 Å². The van der Waals surface area contributed by atoms with Gasteiger partial charge in [0.1, 0.15) is 12.1 Å². The number of hydrogen-bond donors (Lipinski definition) is 1. The smallest absolute Gasteiger partial charge is 0.342 e. The van der Waals surface area contributed by atoms with Crippen LogP contribution in [0.3, 0.4) is 0 Å². The van der Waals surface area contributed by atoms with E-state index in [1.165, 1.54) is 0 Å². The third-order valence-corrected chi connectivity index (χ3v) is 2.77. The van der Waals surface area contributed by atoms with Crippen molar-refractivity contribution in [2.75, 3.05) is 11.9 Å². The largest absolute Gasteiger partial charge is 0.404 e. The number of hydrogen-bond acceptors (Lipinski definition) is 5. The molecule has 3 rings (SSSR count). The van der Waals surface area contributed by atoms with Crippen LogP contribution in [0, 0.1) is 0 Å². The van der Waals surface area contributed by atoms with Crippen LogP contribution in [-0.4, -0.2) is 26.3 Å². The Morgan fingerprint density at radius 3 is 2.76 bits per heavy atom. The van der Waals surface area contributed by atoms with Crippen molar-refractivity contribution in [1.82, 2.24) is 19.7 Å². The van der Waals surface area contributed by atoms with E-state index in [0.29, 0.717) is 5.88 Å². The molecule has 0 fully saturated rings. The van der Waals surface area contributed by atoms with Gasteiger partial charge in [0.15, 0.2) is 0 Å². The average molecular weight is 281 g/mol. The van der Waals surface area contributed by atoms with Crippen molar-refractivity contribution in [1.29, 1.82) is 0 Å². The van der Waals surface area contributed by atoms with E-state index in [1.54, 1.807) is 17.1 Å². The second kappa shape index (κ2) is 6.04. The Balaban J connectivity index is 1.77. The molecule has 0 unspecified atom stereocenters. The summed E-state index contributed by atoms with van der Waals surface area (Å²) >= 11 is 0. The number of anilines is 1. The minimum Gasteiger partial charge on any atom is -0.404 e. The van der Waals surface area contributed by atoms with Gasteiger partial charge in [0.05, 0.1) is 5.69 Å². The van der Waals surface area contributed by atoms with Gasteiger partial charge in [-0.1, -0.05) is 24.3 Å². The van der Waals surface area contributed by atoms with Gasteiger partial charge < -0.3 is 10.1 Å². The Morgan fingerprint density at radius 1 is 1.10 bits per heavy atom. The lowest BCUT2D eigenvalue weighted by atomic mass is 10.3. The van der Waals surface area contributed by atoms with Crippen molar-refractivity contribution in [3.8, 4) is 17.6 Å². The van der Waals surface area contributed by atoms with Crippen LogP contribution in [0.4, 0.5) is 5.82 Å². The number of nitrogens with one attached hydrogen (secondary N) is 1. The molecule has 0 atom stereocenters. The van der Waals surface area contributed by atoms with Gasteiger partial charge in [-0.05, 0) is 25.1 Å². The summed E-state index contributed by atoms with van der Waals surface area (Å²) in [5.74, 6) is 1.22. The zero-order valence-electron chi connectivity index (χ0n) is 11.6. The molecular formula is C15H15N5O. The van der Waals surface area contributed by atoms with Crippen LogP contribution in [0.5, 0.6) is 11.9 Å². The van der Waals surface area contributed by atoms with Crippen LogP contribution in [0.15, 0.2) is 54.9 Å². The van der Waals surface area contributed by atoms with Gasteiger partial charge >= 0.3 is 6.01 Å². The third-order valence-electron chi connectivity index (χ3n) is 2.77. The number of nitrogens with zero attached hydrogens (tertiary/aromatic N) is 4. The molecule has 106 valence electrons. The van der Waals surface area contributed by atoms with Gasteiger partial charge in [0, 0.05) is 12.6 Å². The maximum Gasteiger partial charge on any atom is 0.342 e. The fraction of sp³-hybridized carbons (Fsp3) is 0.133. The average Bonchev–Trinajstić information content (AvgIpc) is 2.97. The Bertz CT molecular complexity index is 711. The molecule has 0 aliphatic rings. The lowest BCUT2D eigenvalue weighted by molar-refractivity contribution is 0.425. The minimum atomic E-state index is 0.264. The Morgan fingerprint density at radius 2 is 1.95 bits per heavy atom. The monoisotopic (exact) mass is 281 g/mol. The summed E-state index contributed by atoms with van der Waals surface area (Å²) in [6.45, 7) is 2.82. The second-order valence-corrected chi connectivity index (χ2v) is 4.30. The summed E-state index contributed by atoms with van der Waals surface area (Å²) in [5, 5.41) is 7.40. The summed E-state index contributed by atoms with van der Waals surface area (Å²) in [7, 11) is 0. The van der Waals surface area contributed by atoms with Gasteiger partial charge in [0.2, 0.25) is 5.88 Å². The Hall–Kier alpha value is -2.89. The standard InChI is InChI=1S/C15H15N5O/c1-2-16-13-9-6-10-14(18-13)21-15-17-11-20(19-15)12-7-4-3-5-8-12/h3-11H,2H2,1H3,(H,16,18). The fourth-order valence-corrected chi connectivity index (χ4v) is 1.84. The lowest BCUT2D eigenvalue weighted by Gasteiger charge is -2.04. The predicted octanol–water partition coefficient (Wildman–Crippen LogP) is 2.89. The molecule has 0 radical (unpaired) electrons. The van der Waals surface area contributed by atoms with Crippen molar-refractivity contribution in [2.45, 2.75) is 6.92 Å². The number of ether oxygens (including phenoxy) is 1. The normalized spacial score (nSPS) is 10.3. The van der Waals surface area contributed by atoms with Gasteiger partial charge in [-0.25, -0.2) is 4.68 Å². The molecule has 0 spiro atoms. The van der Waals surface area contributed by atoms with Gasteiger partial charge in [0.25, 0.3) is 0 Å². The van der Waals surface area contributed by atoms with Crippen molar-refractivity contribution >= 4 is 5.82 Å². The molecule has 0 saturated carbocycles. The van der Waals surface area contributed by atoms with Gasteiger partial charge in [-0.15, -0.1) is 5.10 Å². The van der Waals surface area contributed by atoms with E-state index in [-0.39, 0.29) is 6.01 Å². The van der Waals surface area contributed by atoms with Gasteiger partial charge in [-0.2, -0.15) is 9.97 Å². The van der Waals surface area contributed by atoms with E-state index in [0.717, 1.165) is 18.1 Å². The molecule has 3 aromatic rings. The summed E-state index contributed by atoms with van der Waals surface area (Å²) in [6, 6.07) is 15.5. The highest BCUT2D eigenvalue weighted by molar-refractivity contribution is 5.37. The molecule has 0 aliphatic carbocycles. The first-order valence-electron chi connectivity index (χ1n) is 6.71. The van der Waals surface area contributed by atoms with Crippen molar-refractivity contribution < 1.29 is 4.74 Å². The highest BCUT2D eigenvalue weighted by Crippen LogP contribution is 2.17. The van der Waals surface area contributed by atoms with Crippen LogP contribution in [0.2, 0.25) is 0 Å². The van der Waals surface area contributed by atoms with Crippen LogP contribution in [0.25, 0.3) is 5.69 Å². The molecule has 2 heterocycles. The molecule has 0 amide bonds. The molecule has 1 aromatic carbocycles. The third kappa shape index (κ3) is 3.17. The molecule has 21 heavy (non-hydrogen) atoms. The first-order valence-corrected chi connectivity index (χ1v) is 6.71. The van der Waals surface area contributed by atoms with Crippen molar-refractivity contribution in [3.63, 3.8) is 0 Å². The predicted molar refractivity (Wildman–Crippen MR) is 79.8 cm³/mol. The van der Waals surface area contributed by atoms with Crippen LogP contribution in [-0.2, 0) is 0 Å². The molecule has 6 heteroatoms. The number of aromatic nitrogens is 4. The van der Waals surface area contributed by atoms with E-state index in [4.69, 9.17) is 4.74 Å². The number of benzene rings is 1. The minimum absolute atomic E-state index is 0.264. The lowest BCUT2D eigenvalue weighted by Crippen LogP contribution is -2.00. The quantitative estimate of drug-likeness (QED) is 0.779. The van der Waals surface area contributed by atoms with E-state index >= 15 is 0 Å². The fourth-order valence-electron chi connectivity index (χ4n) is 1.84. The molecule has 1 N–H and O–H groups in total. The highest BCUT2D eigenvalue weighted by atomic mass is 16.5. The number of rotatable bonds is 5. The zero-order chi connectivity index (χ0) is 14.5. The molecule has 6 nitrogen and oxygen atoms in total. The SMILES string of the molecule is CCNc1cccc(Oc2ncn(-c3ccccc3)n2)n1. The van der Waals surface area contributed by atoms with Crippen LogP contribution < -0.4 is 10.1 Å².